The van der Waals surface area contributed by atoms with Crippen molar-refractivity contribution in [3.63, 3.8) is 0 Å². The van der Waals surface area contributed by atoms with E-state index >= 15 is 0 Å². The molecule has 0 aliphatic carbocycles. The van der Waals surface area contributed by atoms with Crippen LogP contribution in [0, 0.1) is 6.92 Å². The van der Waals surface area contributed by atoms with Gasteiger partial charge in [-0.25, -0.2) is 0 Å². The van der Waals surface area contributed by atoms with Crippen LogP contribution in [-0.2, 0) is 12.8 Å². The highest BCUT2D eigenvalue weighted by molar-refractivity contribution is 9.09. The van der Waals surface area contributed by atoms with E-state index in [4.69, 9.17) is 11.6 Å². The molecule has 0 radical (unpaired) electrons. The summed E-state index contributed by atoms with van der Waals surface area (Å²) < 4.78 is 0. The summed E-state index contributed by atoms with van der Waals surface area (Å²) in [5.41, 5.74) is 6.39. The lowest BCUT2D eigenvalue weighted by molar-refractivity contribution is 1.02. The average molecular weight is 352 g/mol. The minimum atomic E-state index is 0.145. The van der Waals surface area contributed by atoms with Gasteiger partial charge in [-0.15, -0.1) is 0 Å². The highest BCUT2D eigenvalue weighted by Gasteiger charge is 2.15. The monoisotopic (exact) mass is 350 g/mol. The van der Waals surface area contributed by atoms with E-state index in [0.717, 1.165) is 29.0 Å². The summed E-state index contributed by atoms with van der Waals surface area (Å²) in [5.74, 6) is 0. The van der Waals surface area contributed by atoms with Crippen molar-refractivity contribution in [2.75, 3.05) is 0 Å². The van der Waals surface area contributed by atoms with Gasteiger partial charge in [-0.3, -0.25) is 0 Å². The van der Waals surface area contributed by atoms with Crippen molar-refractivity contribution in [2.45, 2.75) is 38.4 Å². The van der Waals surface area contributed by atoms with Gasteiger partial charge in [0.2, 0.25) is 0 Å². The molecule has 0 fully saturated rings. The normalized spacial score (nSPS) is 12.4. The molecule has 0 heterocycles. The molecule has 2 rings (SSSR count). The molecular formula is C18H20BrCl. The van der Waals surface area contributed by atoms with Gasteiger partial charge >= 0.3 is 0 Å². The maximum atomic E-state index is 6.44. The van der Waals surface area contributed by atoms with Gasteiger partial charge in [0.15, 0.2) is 0 Å². The Bertz CT molecular complexity index is 604. The Labute approximate surface area is 135 Å². The number of halogens is 2. The molecule has 20 heavy (non-hydrogen) atoms. The molecule has 2 heteroatoms. The van der Waals surface area contributed by atoms with Gasteiger partial charge < -0.3 is 0 Å². The molecule has 0 amide bonds. The Morgan fingerprint density at radius 2 is 1.75 bits per heavy atom. The molecule has 0 bridgehead atoms. The summed E-state index contributed by atoms with van der Waals surface area (Å²) in [6.07, 6.45) is 2.15. The lowest BCUT2D eigenvalue weighted by atomic mass is 9.96. The van der Waals surface area contributed by atoms with Crippen LogP contribution in [0.2, 0.25) is 5.02 Å². The molecule has 1 unspecified atom stereocenters. The number of alkyl halides is 1. The molecule has 0 aromatic heterocycles. The van der Waals surface area contributed by atoms with Crippen molar-refractivity contribution in [3.8, 4) is 0 Å². The maximum Gasteiger partial charge on any atom is 0.0659 e. The zero-order chi connectivity index (χ0) is 14.7. The Hall–Kier alpha value is -0.790. The zero-order valence-corrected chi connectivity index (χ0v) is 14.6. The lowest BCUT2D eigenvalue weighted by Crippen LogP contribution is -1.99. The van der Waals surface area contributed by atoms with Gasteiger partial charge in [0.1, 0.15) is 0 Å². The molecule has 0 aliphatic rings. The second-order valence-electron chi connectivity index (χ2n) is 5.08. The molecule has 0 spiro atoms. The molecule has 2 aromatic carbocycles. The molecule has 2 aromatic rings. The van der Waals surface area contributed by atoms with Gasteiger partial charge in [0, 0.05) is 5.02 Å². The molecule has 106 valence electrons. The molecule has 0 saturated heterocycles. The van der Waals surface area contributed by atoms with Crippen LogP contribution in [0.15, 0.2) is 36.4 Å². The van der Waals surface area contributed by atoms with Crippen LogP contribution in [0.5, 0.6) is 0 Å². The first-order valence-electron chi connectivity index (χ1n) is 7.09. The van der Waals surface area contributed by atoms with Crippen LogP contribution in [-0.4, -0.2) is 0 Å². The summed E-state index contributed by atoms with van der Waals surface area (Å²) in [5, 5.41) is 0.854. The summed E-state index contributed by atoms with van der Waals surface area (Å²) >= 11 is 10.2. The van der Waals surface area contributed by atoms with E-state index in [9.17, 15) is 0 Å². The van der Waals surface area contributed by atoms with E-state index in [2.05, 4.69) is 60.1 Å². The van der Waals surface area contributed by atoms with E-state index in [1.54, 1.807) is 0 Å². The molecule has 0 aliphatic heterocycles. The fourth-order valence-corrected chi connectivity index (χ4v) is 3.56. The Balaban J connectivity index is 2.43. The van der Waals surface area contributed by atoms with E-state index in [0.29, 0.717) is 0 Å². The number of rotatable bonds is 4. The second-order valence-corrected chi connectivity index (χ2v) is 6.37. The molecule has 1 atom stereocenters. The van der Waals surface area contributed by atoms with Crippen molar-refractivity contribution in [1.82, 2.24) is 0 Å². The highest BCUT2D eigenvalue weighted by Crippen LogP contribution is 2.37. The van der Waals surface area contributed by atoms with Crippen LogP contribution in [0.1, 0.15) is 46.5 Å². The molecular weight excluding hydrogens is 332 g/mol. The smallest absolute Gasteiger partial charge is 0.0659 e. The third kappa shape index (κ3) is 3.10. The number of benzene rings is 2. The first-order chi connectivity index (χ1) is 9.58. The van der Waals surface area contributed by atoms with E-state index in [-0.39, 0.29) is 4.83 Å². The van der Waals surface area contributed by atoms with Crippen molar-refractivity contribution < 1.29 is 0 Å². The third-order valence-corrected chi connectivity index (χ3v) is 5.32. The van der Waals surface area contributed by atoms with Crippen LogP contribution in [0.3, 0.4) is 0 Å². The standard InChI is InChI=1S/C18H20BrCl/c1-4-13-9-10-15(11-14(13)5-2)17(19)16-8-6-7-12(3)18(16)20/h6-11,17H,4-5H2,1-3H3. The fraction of sp³-hybridized carbons (Fsp3) is 0.333. The third-order valence-electron chi connectivity index (χ3n) is 3.78. The predicted octanol–water partition coefficient (Wildman–Crippen LogP) is 6.26. The van der Waals surface area contributed by atoms with Crippen molar-refractivity contribution >= 4 is 27.5 Å². The largest absolute Gasteiger partial charge is 0.0837 e. The first kappa shape index (κ1) is 15.6. The number of aryl methyl sites for hydroxylation is 3. The minimum Gasteiger partial charge on any atom is -0.0837 e. The van der Waals surface area contributed by atoms with Gasteiger partial charge in [-0.1, -0.05) is 77.8 Å². The summed E-state index contributed by atoms with van der Waals surface area (Å²) in [6, 6.07) is 12.9. The van der Waals surface area contributed by atoms with Gasteiger partial charge in [-0.05, 0) is 47.6 Å². The van der Waals surface area contributed by atoms with Gasteiger partial charge in [0.25, 0.3) is 0 Å². The van der Waals surface area contributed by atoms with Crippen molar-refractivity contribution in [3.05, 3.63) is 69.2 Å². The van der Waals surface area contributed by atoms with E-state index in [1.165, 1.54) is 16.7 Å². The topological polar surface area (TPSA) is 0 Å². The summed E-state index contributed by atoms with van der Waals surface area (Å²) in [7, 11) is 0. The second kappa shape index (κ2) is 6.78. The van der Waals surface area contributed by atoms with Crippen LogP contribution >= 0.6 is 27.5 Å². The Kier molecular flexibility index (Phi) is 5.29. The molecule has 0 saturated carbocycles. The minimum absolute atomic E-state index is 0.145. The van der Waals surface area contributed by atoms with E-state index in [1.807, 2.05) is 13.0 Å². The molecule has 0 N–H and O–H groups in total. The zero-order valence-electron chi connectivity index (χ0n) is 12.2. The van der Waals surface area contributed by atoms with Crippen LogP contribution < -0.4 is 0 Å². The average Bonchev–Trinajstić information content (AvgIpc) is 2.48. The Morgan fingerprint density at radius 1 is 1.05 bits per heavy atom. The fourth-order valence-electron chi connectivity index (χ4n) is 2.52. The number of hydrogen-bond donors (Lipinski definition) is 0. The van der Waals surface area contributed by atoms with E-state index < -0.39 is 0 Å². The molecule has 0 nitrogen and oxygen atoms in total. The van der Waals surface area contributed by atoms with Crippen molar-refractivity contribution in [1.29, 1.82) is 0 Å². The maximum absolute atomic E-state index is 6.44. The summed E-state index contributed by atoms with van der Waals surface area (Å²) in [4.78, 5) is 0.145. The SMILES string of the molecule is CCc1ccc(C(Br)c2cccc(C)c2Cl)cc1CC. The Morgan fingerprint density at radius 3 is 2.40 bits per heavy atom. The quantitative estimate of drug-likeness (QED) is 0.570. The predicted molar refractivity (Wildman–Crippen MR) is 92.2 cm³/mol. The number of hydrogen-bond acceptors (Lipinski definition) is 0. The van der Waals surface area contributed by atoms with Crippen molar-refractivity contribution in [2.24, 2.45) is 0 Å². The van der Waals surface area contributed by atoms with Crippen LogP contribution in [0.25, 0.3) is 0 Å². The highest BCUT2D eigenvalue weighted by atomic mass is 79.9. The summed E-state index contributed by atoms with van der Waals surface area (Å²) in [6.45, 7) is 6.46. The lowest BCUT2D eigenvalue weighted by Gasteiger charge is -2.16. The first-order valence-corrected chi connectivity index (χ1v) is 8.38. The van der Waals surface area contributed by atoms with Gasteiger partial charge in [-0.2, -0.15) is 0 Å². The van der Waals surface area contributed by atoms with Crippen LogP contribution in [0.4, 0.5) is 0 Å². The van der Waals surface area contributed by atoms with Gasteiger partial charge in [0.05, 0.1) is 4.83 Å².